The van der Waals surface area contributed by atoms with Gasteiger partial charge < -0.3 is 9.67 Å². The molecule has 23 heavy (non-hydrogen) atoms. The molecule has 0 amide bonds. The summed E-state index contributed by atoms with van der Waals surface area (Å²) in [6.07, 6.45) is 1.46. The van der Waals surface area contributed by atoms with Gasteiger partial charge in [0.15, 0.2) is 0 Å². The van der Waals surface area contributed by atoms with Crippen molar-refractivity contribution in [1.82, 2.24) is 4.57 Å². The van der Waals surface area contributed by atoms with Crippen molar-refractivity contribution in [2.24, 2.45) is 0 Å². The van der Waals surface area contributed by atoms with Crippen LogP contribution in [-0.4, -0.2) is 21.4 Å². The molecule has 1 heterocycles. The van der Waals surface area contributed by atoms with Crippen LogP contribution in [0.15, 0.2) is 54.6 Å². The van der Waals surface area contributed by atoms with Crippen molar-refractivity contribution >= 4 is 29.5 Å². The molecule has 3 rings (SSSR count). The van der Waals surface area contributed by atoms with E-state index in [0.29, 0.717) is 24.4 Å². The van der Waals surface area contributed by atoms with Crippen molar-refractivity contribution in [1.29, 1.82) is 0 Å². The van der Waals surface area contributed by atoms with Gasteiger partial charge >= 0.3 is 5.97 Å². The first-order chi connectivity index (χ1) is 11.2. The lowest BCUT2D eigenvalue weighted by Gasteiger charge is -2.09. The number of carboxylic acids is 1. The summed E-state index contributed by atoms with van der Waals surface area (Å²) in [5.74, 6) is -0.237. The molecule has 0 saturated heterocycles. The Balaban J connectivity index is 2.07. The van der Waals surface area contributed by atoms with Gasteiger partial charge in [-0.1, -0.05) is 48.5 Å². The van der Waals surface area contributed by atoms with E-state index in [2.05, 4.69) is 24.8 Å². The standard InChI is InChI=1S/C19H19NO2S/c21-19(22)18-16(11-13-23)15-8-4-5-9-17(15)20(18)12-10-14-6-2-1-3-7-14/h1-9,23H,10-13H2,(H,21,22). The zero-order chi connectivity index (χ0) is 16.2. The van der Waals surface area contributed by atoms with Gasteiger partial charge in [-0.05, 0) is 35.8 Å². The Labute approximate surface area is 141 Å². The van der Waals surface area contributed by atoms with Crippen LogP contribution in [0.4, 0.5) is 0 Å². The van der Waals surface area contributed by atoms with E-state index in [0.717, 1.165) is 22.9 Å². The number of aromatic carboxylic acids is 1. The van der Waals surface area contributed by atoms with E-state index in [-0.39, 0.29) is 0 Å². The summed E-state index contributed by atoms with van der Waals surface area (Å²) in [4.78, 5) is 11.9. The summed E-state index contributed by atoms with van der Waals surface area (Å²) >= 11 is 4.29. The van der Waals surface area contributed by atoms with Crippen molar-refractivity contribution in [3.05, 3.63) is 71.4 Å². The third-order valence-corrected chi connectivity index (χ3v) is 4.33. The average Bonchev–Trinajstić information content (AvgIpc) is 2.88. The van der Waals surface area contributed by atoms with E-state index in [9.17, 15) is 9.90 Å². The fourth-order valence-corrected chi connectivity index (χ4v) is 3.33. The van der Waals surface area contributed by atoms with Crippen LogP contribution in [0.5, 0.6) is 0 Å². The van der Waals surface area contributed by atoms with Crippen molar-refractivity contribution in [3.63, 3.8) is 0 Å². The molecular formula is C19H19NO2S. The Hall–Kier alpha value is -2.20. The maximum absolute atomic E-state index is 11.9. The van der Waals surface area contributed by atoms with Crippen LogP contribution >= 0.6 is 12.6 Å². The molecule has 1 aromatic heterocycles. The van der Waals surface area contributed by atoms with E-state index in [1.54, 1.807) is 0 Å². The molecule has 0 unspecified atom stereocenters. The second-order valence-corrected chi connectivity index (χ2v) is 5.96. The van der Waals surface area contributed by atoms with Gasteiger partial charge in [0, 0.05) is 17.4 Å². The number of hydrogen-bond donors (Lipinski definition) is 2. The lowest BCUT2D eigenvalue weighted by molar-refractivity contribution is 0.0684. The Morgan fingerprint density at radius 2 is 1.70 bits per heavy atom. The normalized spacial score (nSPS) is 11.0. The molecule has 0 atom stereocenters. The SMILES string of the molecule is O=C(O)c1c(CCS)c2ccccc2n1CCc1ccccc1. The topological polar surface area (TPSA) is 42.2 Å². The lowest BCUT2D eigenvalue weighted by atomic mass is 10.1. The molecule has 0 fully saturated rings. The molecule has 0 aliphatic rings. The molecule has 2 aromatic carbocycles. The molecule has 1 N–H and O–H groups in total. The summed E-state index contributed by atoms with van der Waals surface area (Å²) in [6, 6.07) is 18.0. The fourth-order valence-electron chi connectivity index (χ4n) is 3.10. The summed E-state index contributed by atoms with van der Waals surface area (Å²) < 4.78 is 1.93. The van der Waals surface area contributed by atoms with Crippen LogP contribution < -0.4 is 0 Å². The predicted molar refractivity (Wildman–Crippen MR) is 96.6 cm³/mol. The number of aromatic nitrogens is 1. The minimum atomic E-state index is -0.869. The molecule has 118 valence electrons. The minimum absolute atomic E-state index is 0.399. The van der Waals surface area contributed by atoms with Gasteiger partial charge in [-0.15, -0.1) is 0 Å². The average molecular weight is 325 g/mol. The third kappa shape index (κ3) is 3.13. The number of fused-ring (bicyclic) bond motifs is 1. The van der Waals surface area contributed by atoms with E-state index < -0.39 is 5.97 Å². The zero-order valence-corrected chi connectivity index (χ0v) is 13.7. The van der Waals surface area contributed by atoms with Crippen molar-refractivity contribution in [3.8, 4) is 0 Å². The molecule has 0 spiro atoms. The summed E-state index contributed by atoms with van der Waals surface area (Å²) in [5.41, 5.74) is 3.47. The number of thiol groups is 1. The summed E-state index contributed by atoms with van der Waals surface area (Å²) in [5, 5.41) is 10.7. The largest absolute Gasteiger partial charge is 0.477 e. The van der Waals surface area contributed by atoms with Gasteiger partial charge in [-0.3, -0.25) is 0 Å². The number of benzene rings is 2. The first kappa shape index (κ1) is 15.7. The number of para-hydroxylation sites is 1. The quantitative estimate of drug-likeness (QED) is 0.671. The molecule has 3 aromatic rings. The Morgan fingerprint density at radius 3 is 2.39 bits per heavy atom. The first-order valence-corrected chi connectivity index (χ1v) is 8.33. The highest BCUT2D eigenvalue weighted by molar-refractivity contribution is 7.80. The van der Waals surface area contributed by atoms with Gasteiger partial charge in [0.2, 0.25) is 0 Å². The van der Waals surface area contributed by atoms with Crippen LogP contribution in [0.25, 0.3) is 10.9 Å². The predicted octanol–water partition coefficient (Wildman–Crippen LogP) is 4.05. The second kappa shape index (κ2) is 6.92. The van der Waals surface area contributed by atoms with Gasteiger partial charge in [0.05, 0.1) is 0 Å². The third-order valence-electron chi connectivity index (χ3n) is 4.11. The monoisotopic (exact) mass is 325 g/mol. The van der Waals surface area contributed by atoms with Crippen molar-refractivity contribution in [2.75, 3.05) is 5.75 Å². The number of carbonyl (C=O) groups is 1. The van der Waals surface area contributed by atoms with Gasteiger partial charge in [0.1, 0.15) is 5.69 Å². The highest BCUT2D eigenvalue weighted by Crippen LogP contribution is 2.27. The number of hydrogen-bond acceptors (Lipinski definition) is 2. The van der Waals surface area contributed by atoms with Crippen LogP contribution in [-0.2, 0) is 19.4 Å². The Morgan fingerprint density at radius 1 is 1.00 bits per heavy atom. The molecule has 0 bridgehead atoms. The van der Waals surface area contributed by atoms with Crippen LogP contribution in [0.1, 0.15) is 21.6 Å². The van der Waals surface area contributed by atoms with Gasteiger partial charge in [-0.2, -0.15) is 12.6 Å². The van der Waals surface area contributed by atoms with Crippen molar-refractivity contribution in [2.45, 2.75) is 19.4 Å². The molecule has 0 aliphatic heterocycles. The Bertz CT molecular complexity index is 824. The van der Waals surface area contributed by atoms with E-state index in [1.165, 1.54) is 5.56 Å². The maximum Gasteiger partial charge on any atom is 0.352 e. The number of carboxylic acid groups (broad SMARTS) is 1. The highest BCUT2D eigenvalue weighted by Gasteiger charge is 2.21. The first-order valence-electron chi connectivity index (χ1n) is 7.70. The number of aryl methyl sites for hydroxylation is 3. The molecule has 0 saturated carbocycles. The molecule has 3 nitrogen and oxygen atoms in total. The summed E-state index contributed by atoms with van der Waals surface area (Å²) in [6.45, 7) is 0.652. The van der Waals surface area contributed by atoms with Crippen LogP contribution in [0, 0.1) is 0 Å². The minimum Gasteiger partial charge on any atom is -0.477 e. The smallest absolute Gasteiger partial charge is 0.352 e. The lowest BCUT2D eigenvalue weighted by Crippen LogP contribution is -2.12. The zero-order valence-electron chi connectivity index (χ0n) is 12.8. The fraction of sp³-hybridized carbons (Fsp3) is 0.211. The van der Waals surface area contributed by atoms with Crippen LogP contribution in [0.2, 0.25) is 0 Å². The van der Waals surface area contributed by atoms with E-state index in [1.807, 2.05) is 47.0 Å². The molecule has 4 heteroatoms. The molecule has 0 radical (unpaired) electrons. The van der Waals surface area contributed by atoms with E-state index in [4.69, 9.17) is 0 Å². The second-order valence-electron chi connectivity index (χ2n) is 5.51. The number of nitrogens with zero attached hydrogens (tertiary/aromatic N) is 1. The maximum atomic E-state index is 11.9. The molecule has 0 aliphatic carbocycles. The van der Waals surface area contributed by atoms with Crippen molar-refractivity contribution < 1.29 is 9.90 Å². The van der Waals surface area contributed by atoms with Gasteiger partial charge in [0.25, 0.3) is 0 Å². The Kier molecular flexibility index (Phi) is 4.72. The van der Waals surface area contributed by atoms with Gasteiger partial charge in [-0.25, -0.2) is 4.79 Å². The summed E-state index contributed by atoms with van der Waals surface area (Å²) in [7, 11) is 0. The highest BCUT2D eigenvalue weighted by atomic mass is 32.1. The number of rotatable bonds is 6. The van der Waals surface area contributed by atoms with E-state index >= 15 is 0 Å². The van der Waals surface area contributed by atoms with Crippen LogP contribution in [0.3, 0.4) is 0 Å². The molecular weight excluding hydrogens is 306 g/mol.